The number of imidazole rings is 1. The molecule has 2 aliphatic rings. The predicted octanol–water partition coefficient (Wildman–Crippen LogP) is 4.67. The quantitative estimate of drug-likeness (QED) is 0.834. The molecular formula is C17H24N2OS. The third-order valence-electron chi connectivity index (χ3n) is 5.13. The number of aliphatic hydroxyl groups excluding tert-OH is 1. The van der Waals surface area contributed by atoms with E-state index in [1.807, 2.05) is 23.9 Å². The van der Waals surface area contributed by atoms with E-state index >= 15 is 0 Å². The fraction of sp³-hybridized carbons (Fsp3) is 0.706. The Morgan fingerprint density at radius 3 is 2.67 bits per heavy atom. The standard InChI is InChI=1S/C17H24N2OS/c20-14(9-12-5-3-1-2-4-6-12)16-17(13-7-8-13)21-15-10-18-11-19(15)16/h10-14,20H,1-9H2. The number of fused-ring (bicyclic) bond motifs is 1. The van der Waals surface area contributed by atoms with E-state index in [0.717, 1.165) is 12.1 Å². The highest BCUT2D eigenvalue weighted by Crippen LogP contribution is 2.48. The Bertz CT molecular complexity index is 605. The number of hydrogen-bond donors (Lipinski definition) is 1. The van der Waals surface area contributed by atoms with Gasteiger partial charge in [0.2, 0.25) is 0 Å². The zero-order valence-corrected chi connectivity index (χ0v) is 13.3. The van der Waals surface area contributed by atoms with E-state index in [1.165, 1.54) is 61.1 Å². The smallest absolute Gasteiger partial charge is 0.120 e. The minimum Gasteiger partial charge on any atom is -0.387 e. The summed E-state index contributed by atoms with van der Waals surface area (Å²) in [6.07, 6.45) is 15.1. The largest absolute Gasteiger partial charge is 0.387 e. The number of aliphatic hydroxyl groups is 1. The van der Waals surface area contributed by atoms with Gasteiger partial charge >= 0.3 is 0 Å². The van der Waals surface area contributed by atoms with Crippen molar-refractivity contribution in [3.63, 3.8) is 0 Å². The van der Waals surface area contributed by atoms with E-state index < -0.39 is 0 Å². The van der Waals surface area contributed by atoms with Crippen molar-refractivity contribution in [1.82, 2.24) is 9.38 Å². The van der Waals surface area contributed by atoms with E-state index in [2.05, 4.69) is 9.38 Å². The SMILES string of the molecule is OC(CC1CCCCCC1)c1c(C2CC2)sc2cncn12. The maximum atomic E-state index is 10.9. The summed E-state index contributed by atoms with van der Waals surface area (Å²) in [6.45, 7) is 0. The molecule has 4 heteroatoms. The molecule has 4 rings (SSSR count). The van der Waals surface area contributed by atoms with Gasteiger partial charge in [-0.2, -0.15) is 0 Å². The molecular weight excluding hydrogens is 280 g/mol. The van der Waals surface area contributed by atoms with Crippen LogP contribution in [0.2, 0.25) is 0 Å². The van der Waals surface area contributed by atoms with Gasteiger partial charge in [0.25, 0.3) is 0 Å². The maximum absolute atomic E-state index is 10.9. The molecule has 0 saturated heterocycles. The van der Waals surface area contributed by atoms with Crippen LogP contribution in [-0.4, -0.2) is 14.5 Å². The number of nitrogens with zero attached hydrogens (tertiary/aromatic N) is 2. The first-order valence-corrected chi connectivity index (χ1v) is 9.27. The number of aromatic nitrogens is 2. The van der Waals surface area contributed by atoms with Crippen LogP contribution in [0.5, 0.6) is 0 Å². The van der Waals surface area contributed by atoms with Crippen LogP contribution in [0.3, 0.4) is 0 Å². The Kier molecular flexibility index (Phi) is 3.76. The van der Waals surface area contributed by atoms with Gasteiger partial charge in [-0.3, -0.25) is 4.40 Å². The van der Waals surface area contributed by atoms with Crippen LogP contribution in [0.15, 0.2) is 12.5 Å². The average Bonchev–Trinajstić information content (AvgIpc) is 3.17. The Labute approximate surface area is 130 Å². The average molecular weight is 304 g/mol. The van der Waals surface area contributed by atoms with Crippen molar-refractivity contribution < 1.29 is 5.11 Å². The molecule has 3 nitrogen and oxygen atoms in total. The first kappa shape index (κ1) is 13.8. The van der Waals surface area contributed by atoms with Crippen molar-refractivity contribution in [1.29, 1.82) is 0 Å². The maximum Gasteiger partial charge on any atom is 0.120 e. The summed E-state index contributed by atoms with van der Waals surface area (Å²) < 4.78 is 2.14. The van der Waals surface area contributed by atoms with Crippen molar-refractivity contribution in [2.75, 3.05) is 0 Å². The van der Waals surface area contributed by atoms with Gasteiger partial charge in [-0.15, -0.1) is 11.3 Å². The minimum atomic E-state index is -0.313. The van der Waals surface area contributed by atoms with Crippen LogP contribution >= 0.6 is 11.3 Å². The molecule has 0 spiro atoms. The molecule has 2 aromatic rings. The first-order valence-electron chi connectivity index (χ1n) is 8.45. The topological polar surface area (TPSA) is 37.5 Å². The summed E-state index contributed by atoms with van der Waals surface area (Å²) >= 11 is 1.84. The number of rotatable bonds is 4. The molecule has 2 aliphatic carbocycles. The van der Waals surface area contributed by atoms with Crippen LogP contribution in [0, 0.1) is 5.92 Å². The Morgan fingerprint density at radius 2 is 1.95 bits per heavy atom. The third-order valence-corrected chi connectivity index (χ3v) is 6.40. The van der Waals surface area contributed by atoms with Gasteiger partial charge in [-0.05, 0) is 31.1 Å². The molecule has 21 heavy (non-hydrogen) atoms. The molecule has 0 bridgehead atoms. The summed E-state index contributed by atoms with van der Waals surface area (Å²) in [7, 11) is 0. The number of thiazole rings is 1. The van der Waals surface area contributed by atoms with E-state index in [4.69, 9.17) is 0 Å². The van der Waals surface area contributed by atoms with Gasteiger partial charge in [-0.25, -0.2) is 4.98 Å². The molecule has 0 aliphatic heterocycles. The summed E-state index contributed by atoms with van der Waals surface area (Å²) in [5.41, 5.74) is 1.15. The lowest BCUT2D eigenvalue weighted by molar-refractivity contribution is 0.133. The van der Waals surface area contributed by atoms with Crippen molar-refractivity contribution >= 4 is 16.2 Å². The van der Waals surface area contributed by atoms with E-state index in [1.54, 1.807) is 0 Å². The molecule has 1 unspecified atom stereocenters. The summed E-state index contributed by atoms with van der Waals surface area (Å²) in [5.74, 6) is 1.40. The first-order chi connectivity index (χ1) is 10.3. The van der Waals surface area contributed by atoms with Crippen LogP contribution in [0.4, 0.5) is 0 Å². The lowest BCUT2D eigenvalue weighted by atomic mass is 9.92. The highest BCUT2D eigenvalue weighted by atomic mass is 32.1. The molecule has 0 radical (unpaired) electrons. The minimum absolute atomic E-state index is 0.313. The second kappa shape index (κ2) is 5.73. The lowest BCUT2D eigenvalue weighted by Gasteiger charge is -2.19. The van der Waals surface area contributed by atoms with Crippen LogP contribution in [-0.2, 0) is 0 Å². The van der Waals surface area contributed by atoms with Gasteiger partial charge in [0.15, 0.2) is 0 Å². The molecule has 114 valence electrons. The summed E-state index contributed by atoms with van der Waals surface area (Å²) in [5, 5.41) is 10.9. The monoisotopic (exact) mass is 304 g/mol. The molecule has 2 heterocycles. The normalized spacial score (nSPS) is 22.5. The molecule has 1 atom stereocenters. The molecule has 0 amide bonds. The molecule has 1 N–H and O–H groups in total. The number of hydrogen-bond acceptors (Lipinski definition) is 3. The third kappa shape index (κ3) is 2.76. The van der Waals surface area contributed by atoms with Gasteiger partial charge in [0.05, 0.1) is 18.0 Å². The molecule has 2 saturated carbocycles. The predicted molar refractivity (Wildman–Crippen MR) is 85.8 cm³/mol. The van der Waals surface area contributed by atoms with Gasteiger partial charge < -0.3 is 5.11 Å². The summed E-state index contributed by atoms with van der Waals surface area (Å²) in [6, 6.07) is 0. The van der Waals surface area contributed by atoms with Crippen molar-refractivity contribution in [2.45, 2.75) is 69.8 Å². The van der Waals surface area contributed by atoms with Gasteiger partial charge in [0, 0.05) is 4.88 Å². The lowest BCUT2D eigenvalue weighted by Crippen LogP contribution is -2.10. The highest BCUT2D eigenvalue weighted by Gasteiger charge is 2.32. The Balaban J connectivity index is 1.58. The van der Waals surface area contributed by atoms with Crippen molar-refractivity contribution in [2.24, 2.45) is 5.92 Å². The molecule has 0 aromatic carbocycles. The second-order valence-electron chi connectivity index (χ2n) is 6.84. The van der Waals surface area contributed by atoms with E-state index in [0.29, 0.717) is 11.8 Å². The van der Waals surface area contributed by atoms with Crippen molar-refractivity contribution in [3.8, 4) is 0 Å². The van der Waals surface area contributed by atoms with E-state index in [-0.39, 0.29) is 6.10 Å². The molecule has 2 aromatic heterocycles. The summed E-state index contributed by atoms with van der Waals surface area (Å²) in [4.78, 5) is 6.86. The Hall–Kier alpha value is -0.870. The van der Waals surface area contributed by atoms with Crippen molar-refractivity contribution in [3.05, 3.63) is 23.1 Å². The van der Waals surface area contributed by atoms with Crippen LogP contribution in [0.25, 0.3) is 4.83 Å². The van der Waals surface area contributed by atoms with E-state index in [9.17, 15) is 5.11 Å². The van der Waals surface area contributed by atoms with Crippen LogP contribution < -0.4 is 0 Å². The highest BCUT2D eigenvalue weighted by molar-refractivity contribution is 7.17. The second-order valence-corrected chi connectivity index (χ2v) is 7.90. The Morgan fingerprint density at radius 1 is 1.19 bits per heavy atom. The fourth-order valence-electron chi connectivity index (χ4n) is 3.81. The van der Waals surface area contributed by atoms with Gasteiger partial charge in [-0.1, -0.05) is 38.5 Å². The van der Waals surface area contributed by atoms with Gasteiger partial charge in [0.1, 0.15) is 11.2 Å². The zero-order valence-electron chi connectivity index (χ0n) is 12.5. The fourth-order valence-corrected chi connectivity index (χ4v) is 5.14. The van der Waals surface area contributed by atoms with Crippen LogP contribution in [0.1, 0.15) is 80.4 Å². The molecule has 2 fully saturated rings. The zero-order chi connectivity index (χ0) is 14.2.